The summed E-state index contributed by atoms with van der Waals surface area (Å²) in [6, 6.07) is 20.1. The third-order valence-corrected chi connectivity index (χ3v) is 4.49. The van der Waals surface area contributed by atoms with Gasteiger partial charge in [0.15, 0.2) is 0 Å². The van der Waals surface area contributed by atoms with Crippen molar-refractivity contribution in [3.8, 4) is 0 Å². The van der Waals surface area contributed by atoms with Crippen LogP contribution in [-0.2, 0) is 13.0 Å². The Labute approximate surface area is 145 Å². The number of para-hydroxylation sites is 1. The second-order valence-corrected chi connectivity index (χ2v) is 6.85. The Morgan fingerprint density at radius 1 is 0.917 bits per heavy atom. The number of nitrogens with one attached hydrogen (secondary N) is 1. The zero-order valence-corrected chi connectivity index (χ0v) is 14.8. The molecule has 0 saturated carbocycles. The molecule has 3 rings (SSSR count). The lowest BCUT2D eigenvalue weighted by molar-refractivity contribution is 0.558. The molecule has 0 radical (unpaired) electrons. The van der Waals surface area contributed by atoms with E-state index in [4.69, 9.17) is 0 Å². The Balaban J connectivity index is 1.72. The van der Waals surface area contributed by atoms with Gasteiger partial charge in [-0.15, -0.1) is 0 Å². The summed E-state index contributed by atoms with van der Waals surface area (Å²) in [6.07, 6.45) is 5.98. The number of benzene rings is 2. The summed E-state index contributed by atoms with van der Waals surface area (Å²) < 4.78 is 2.40. The molecule has 0 atom stereocenters. The normalized spacial score (nSPS) is 11.5. The quantitative estimate of drug-likeness (QED) is 0.577. The average Bonchev–Trinajstić information content (AvgIpc) is 2.93. The number of unbranched alkanes of at least 4 members (excludes halogenated alkanes) is 1. The molecule has 0 fully saturated rings. The third kappa shape index (κ3) is 4.27. The van der Waals surface area contributed by atoms with Crippen molar-refractivity contribution in [2.75, 3.05) is 6.54 Å². The van der Waals surface area contributed by atoms with E-state index in [9.17, 15) is 0 Å². The Morgan fingerprint density at radius 2 is 1.67 bits per heavy atom. The first-order valence-electron chi connectivity index (χ1n) is 9.08. The van der Waals surface area contributed by atoms with Crippen LogP contribution >= 0.6 is 0 Å². The molecule has 0 unspecified atom stereocenters. The van der Waals surface area contributed by atoms with E-state index < -0.39 is 0 Å². The van der Waals surface area contributed by atoms with E-state index in [2.05, 4.69) is 84.5 Å². The number of aromatic nitrogens is 1. The Kier molecular flexibility index (Phi) is 5.71. The maximum absolute atomic E-state index is 3.50. The Bertz CT molecular complexity index is 756. The Hall–Kier alpha value is -2.06. The zero-order chi connectivity index (χ0) is 16.8. The number of hydrogen-bond acceptors (Lipinski definition) is 1. The first kappa shape index (κ1) is 16.8. The predicted molar refractivity (Wildman–Crippen MR) is 104 cm³/mol. The van der Waals surface area contributed by atoms with Crippen molar-refractivity contribution >= 4 is 10.9 Å². The fourth-order valence-corrected chi connectivity index (χ4v) is 3.26. The minimum atomic E-state index is 0.581. The van der Waals surface area contributed by atoms with Gasteiger partial charge in [0.25, 0.3) is 0 Å². The standard InChI is InChI=1S/C22H28N2/c1-18(2)23-15-9-8-12-20-17-24(16-19-10-4-3-5-11-19)22-14-7-6-13-21(20)22/h3-7,10-11,13-14,17-18,23H,8-9,12,15-16H2,1-2H3. The van der Waals surface area contributed by atoms with Crippen molar-refractivity contribution in [1.29, 1.82) is 0 Å². The van der Waals surface area contributed by atoms with Crippen molar-refractivity contribution in [2.45, 2.75) is 45.7 Å². The highest BCUT2D eigenvalue weighted by Crippen LogP contribution is 2.23. The van der Waals surface area contributed by atoms with E-state index in [1.165, 1.54) is 34.9 Å². The van der Waals surface area contributed by atoms with Crippen LogP contribution in [0.5, 0.6) is 0 Å². The molecule has 0 aliphatic rings. The van der Waals surface area contributed by atoms with E-state index in [-0.39, 0.29) is 0 Å². The molecule has 126 valence electrons. The van der Waals surface area contributed by atoms with Crippen LogP contribution in [0.2, 0.25) is 0 Å². The summed E-state index contributed by atoms with van der Waals surface area (Å²) in [5.41, 5.74) is 4.17. The van der Waals surface area contributed by atoms with Crippen LogP contribution < -0.4 is 5.32 Å². The lowest BCUT2D eigenvalue weighted by Gasteiger charge is -2.07. The second-order valence-electron chi connectivity index (χ2n) is 6.85. The monoisotopic (exact) mass is 320 g/mol. The molecule has 0 aliphatic heterocycles. The van der Waals surface area contributed by atoms with Crippen molar-refractivity contribution in [3.63, 3.8) is 0 Å². The maximum atomic E-state index is 3.50. The van der Waals surface area contributed by atoms with Gasteiger partial charge in [-0.1, -0.05) is 62.4 Å². The van der Waals surface area contributed by atoms with Gasteiger partial charge in [0, 0.05) is 29.7 Å². The van der Waals surface area contributed by atoms with E-state index in [0.717, 1.165) is 19.5 Å². The highest BCUT2D eigenvalue weighted by atomic mass is 15.0. The van der Waals surface area contributed by atoms with Crippen LogP contribution in [0.4, 0.5) is 0 Å². The fourth-order valence-electron chi connectivity index (χ4n) is 3.26. The first-order valence-corrected chi connectivity index (χ1v) is 9.08. The van der Waals surface area contributed by atoms with Crippen LogP contribution in [0.25, 0.3) is 10.9 Å². The molecule has 0 spiro atoms. The molecule has 0 aliphatic carbocycles. The van der Waals surface area contributed by atoms with Gasteiger partial charge in [0.2, 0.25) is 0 Å². The summed E-state index contributed by atoms with van der Waals surface area (Å²) in [5.74, 6) is 0. The van der Waals surface area contributed by atoms with E-state index in [1.807, 2.05) is 0 Å². The number of fused-ring (bicyclic) bond motifs is 1. The highest BCUT2D eigenvalue weighted by Gasteiger charge is 2.08. The summed E-state index contributed by atoms with van der Waals surface area (Å²) in [6.45, 7) is 6.46. The molecule has 0 saturated heterocycles. The van der Waals surface area contributed by atoms with Gasteiger partial charge >= 0.3 is 0 Å². The number of hydrogen-bond donors (Lipinski definition) is 1. The van der Waals surface area contributed by atoms with Gasteiger partial charge in [0.05, 0.1) is 0 Å². The summed E-state index contributed by atoms with van der Waals surface area (Å²) in [4.78, 5) is 0. The molecule has 2 nitrogen and oxygen atoms in total. The summed E-state index contributed by atoms with van der Waals surface area (Å²) >= 11 is 0. The molecular formula is C22H28N2. The van der Waals surface area contributed by atoms with E-state index in [0.29, 0.717) is 6.04 Å². The fraction of sp³-hybridized carbons (Fsp3) is 0.364. The van der Waals surface area contributed by atoms with E-state index in [1.54, 1.807) is 0 Å². The smallest absolute Gasteiger partial charge is 0.0486 e. The lowest BCUT2D eigenvalue weighted by Crippen LogP contribution is -2.23. The van der Waals surface area contributed by atoms with Gasteiger partial charge in [-0.25, -0.2) is 0 Å². The highest BCUT2D eigenvalue weighted by molar-refractivity contribution is 5.84. The molecule has 0 bridgehead atoms. The van der Waals surface area contributed by atoms with Crippen LogP contribution in [0.3, 0.4) is 0 Å². The van der Waals surface area contributed by atoms with Crippen LogP contribution in [0, 0.1) is 0 Å². The number of nitrogens with zero attached hydrogens (tertiary/aromatic N) is 1. The van der Waals surface area contributed by atoms with Crippen LogP contribution in [0.1, 0.15) is 37.8 Å². The van der Waals surface area contributed by atoms with Crippen molar-refractivity contribution in [3.05, 3.63) is 71.9 Å². The van der Waals surface area contributed by atoms with Gasteiger partial charge in [0.1, 0.15) is 0 Å². The lowest BCUT2D eigenvalue weighted by atomic mass is 10.1. The molecule has 1 heterocycles. The van der Waals surface area contributed by atoms with Gasteiger partial charge in [-0.2, -0.15) is 0 Å². The first-order chi connectivity index (χ1) is 11.7. The van der Waals surface area contributed by atoms with Crippen molar-refractivity contribution in [2.24, 2.45) is 0 Å². The summed E-state index contributed by atoms with van der Waals surface area (Å²) in [7, 11) is 0. The minimum absolute atomic E-state index is 0.581. The van der Waals surface area contributed by atoms with Gasteiger partial charge in [-0.05, 0) is 43.0 Å². The molecular weight excluding hydrogens is 292 g/mol. The molecule has 2 aromatic carbocycles. The van der Waals surface area contributed by atoms with Gasteiger partial charge < -0.3 is 9.88 Å². The SMILES string of the molecule is CC(C)NCCCCc1cn(Cc2ccccc2)c2ccccc12. The molecule has 3 aromatic rings. The molecule has 1 aromatic heterocycles. The largest absolute Gasteiger partial charge is 0.343 e. The van der Waals surface area contributed by atoms with Gasteiger partial charge in [-0.3, -0.25) is 0 Å². The molecule has 24 heavy (non-hydrogen) atoms. The third-order valence-electron chi connectivity index (χ3n) is 4.49. The van der Waals surface area contributed by atoms with Crippen molar-refractivity contribution < 1.29 is 0 Å². The second kappa shape index (κ2) is 8.16. The van der Waals surface area contributed by atoms with Crippen molar-refractivity contribution in [1.82, 2.24) is 9.88 Å². The number of aryl methyl sites for hydroxylation is 1. The minimum Gasteiger partial charge on any atom is -0.343 e. The molecule has 1 N–H and O–H groups in total. The topological polar surface area (TPSA) is 17.0 Å². The summed E-state index contributed by atoms with van der Waals surface area (Å²) in [5, 5.41) is 4.91. The molecule has 0 amide bonds. The zero-order valence-electron chi connectivity index (χ0n) is 14.8. The predicted octanol–water partition coefficient (Wildman–Crippen LogP) is 5.01. The van der Waals surface area contributed by atoms with Crippen LogP contribution in [0.15, 0.2) is 60.8 Å². The maximum Gasteiger partial charge on any atom is 0.0486 e. The average molecular weight is 320 g/mol. The number of rotatable bonds is 8. The van der Waals surface area contributed by atoms with E-state index >= 15 is 0 Å². The Morgan fingerprint density at radius 3 is 2.46 bits per heavy atom. The molecule has 2 heteroatoms. The van der Waals surface area contributed by atoms with Crippen LogP contribution in [-0.4, -0.2) is 17.2 Å².